The minimum atomic E-state index is -1.35. The van der Waals surface area contributed by atoms with Crippen LogP contribution in [0.4, 0.5) is 0 Å². The van der Waals surface area contributed by atoms with Gasteiger partial charge in [-0.25, -0.2) is 4.79 Å². The molecule has 1 unspecified atom stereocenters. The fraction of sp³-hybridized carbons (Fsp3) is 0.500. The molecule has 1 aromatic rings. The molecule has 0 aliphatic heterocycles. The van der Waals surface area contributed by atoms with Crippen molar-refractivity contribution in [2.45, 2.75) is 19.4 Å². The number of nitrogens with zero attached hydrogens (tertiary/aromatic N) is 2. The number of hydrogen-bond donors (Lipinski definition) is 2. The highest BCUT2D eigenvalue weighted by Gasteiger charge is 2.15. The van der Waals surface area contributed by atoms with Crippen molar-refractivity contribution >= 4 is 5.97 Å². The smallest absolute Gasteiger partial charge is 0.332 e. The zero-order valence-corrected chi connectivity index (χ0v) is 7.56. The normalized spacial score (nSPS) is 12.8. The second kappa shape index (κ2) is 3.57. The largest absolute Gasteiger partial charge is 0.479 e. The van der Waals surface area contributed by atoms with Crippen LogP contribution in [0, 0.1) is 6.92 Å². The number of aliphatic hydroxyl groups excluding tert-OH is 1. The summed E-state index contributed by atoms with van der Waals surface area (Å²) in [6, 6.07) is 1.76. The van der Waals surface area contributed by atoms with Gasteiger partial charge in [0, 0.05) is 19.2 Å². The Balaban J connectivity index is 2.74. The molecule has 0 aliphatic rings. The Kier molecular flexibility index (Phi) is 2.67. The van der Waals surface area contributed by atoms with Crippen LogP contribution in [0.3, 0.4) is 0 Å². The lowest BCUT2D eigenvalue weighted by atomic mass is 10.2. The van der Waals surface area contributed by atoms with Crippen molar-refractivity contribution in [3.63, 3.8) is 0 Å². The Bertz CT molecular complexity index is 319. The molecule has 1 atom stereocenters. The van der Waals surface area contributed by atoms with Crippen LogP contribution in [0.5, 0.6) is 0 Å². The molecule has 1 rings (SSSR count). The summed E-state index contributed by atoms with van der Waals surface area (Å²) in [4.78, 5) is 10.3. The minimum Gasteiger partial charge on any atom is -0.479 e. The van der Waals surface area contributed by atoms with E-state index in [1.54, 1.807) is 17.8 Å². The summed E-state index contributed by atoms with van der Waals surface area (Å²) < 4.78 is 1.57. The van der Waals surface area contributed by atoms with Crippen LogP contribution in [0.2, 0.25) is 0 Å². The molecule has 0 radical (unpaired) electrons. The van der Waals surface area contributed by atoms with Crippen LogP contribution in [-0.2, 0) is 18.3 Å². The molecule has 2 N–H and O–H groups in total. The van der Waals surface area contributed by atoms with E-state index in [1.807, 2.05) is 6.92 Å². The highest BCUT2D eigenvalue weighted by atomic mass is 16.4. The lowest BCUT2D eigenvalue weighted by Crippen LogP contribution is -2.23. The summed E-state index contributed by atoms with van der Waals surface area (Å²) in [5.74, 6) is -1.21. The Morgan fingerprint density at radius 3 is 2.77 bits per heavy atom. The molecule has 0 aliphatic carbocycles. The molecule has 72 valence electrons. The van der Waals surface area contributed by atoms with E-state index in [9.17, 15) is 4.79 Å². The average molecular weight is 184 g/mol. The third kappa shape index (κ3) is 2.29. The predicted octanol–water partition coefficient (Wildman–Crippen LogP) is -0.283. The van der Waals surface area contributed by atoms with Gasteiger partial charge in [0.1, 0.15) is 0 Å². The number of rotatable bonds is 3. The van der Waals surface area contributed by atoms with Gasteiger partial charge in [0.05, 0.1) is 5.69 Å². The second-order valence-corrected chi connectivity index (χ2v) is 2.96. The fourth-order valence-corrected chi connectivity index (χ4v) is 1.14. The van der Waals surface area contributed by atoms with Crippen molar-refractivity contribution in [3.05, 3.63) is 17.5 Å². The van der Waals surface area contributed by atoms with Crippen LogP contribution >= 0.6 is 0 Å². The van der Waals surface area contributed by atoms with E-state index >= 15 is 0 Å². The first-order valence-electron chi connectivity index (χ1n) is 3.91. The first-order chi connectivity index (χ1) is 6.00. The molecule has 5 nitrogen and oxygen atoms in total. The molecular formula is C8H12N2O3. The van der Waals surface area contributed by atoms with Gasteiger partial charge in [0.25, 0.3) is 0 Å². The van der Waals surface area contributed by atoms with Crippen molar-refractivity contribution in [3.8, 4) is 0 Å². The summed E-state index contributed by atoms with van der Waals surface area (Å²) >= 11 is 0. The summed E-state index contributed by atoms with van der Waals surface area (Å²) in [5.41, 5.74) is 1.53. The zero-order valence-electron chi connectivity index (χ0n) is 7.56. The number of aliphatic hydroxyl groups is 1. The highest BCUT2D eigenvalue weighted by Crippen LogP contribution is 2.05. The number of carboxylic acid groups (broad SMARTS) is 1. The van der Waals surface area contributed by atoms with Gasteiger partial charge < -0.3 is 10.2 Å². The monoisotopic (exact) mass is 184 g/mol. The van der Waals surface area contributed by atoms with Gasteiger partial charge in [0.2, 0.25) is 0 Å². The summed E-state index contributed by atoms with van der Waals surface area (Å²) in [6.45, 7) is 1.82. The molecule has 0 spiro atoms. The third-order valence-electron chi connectivity index (χ3n) is 1.79. The highest BCUT2D eigenvalue weighted by molar-refractivity contribution is 5.72. The van der Waals surface area contributed by atoms with Crippen LogP contribution < -0.4 is 0 Å². The number of carbonyl (C=O) groups is 1. The van der Waals surface area contributed by atoms with Crippen molar-refractivity contribution in [1.29, 1.82) is 0 Å². The van der Waals surface area contributed by atoms with Crippen LogP contribution in [0.25, 0.3) is 0 Å². The van der Waals surface area contributed by atoms with Gasteiger partial charge in [-0.2, -0.15) is 5.10 Å². The quantitative estimate of drug-likeness (QED) is 0.677. The zero-order chi connectivity index (χ0) is 10.0. The lowest BCUT2D eigenvalue weighted by molar-refractivity contribution is -0.146. The molecule has 1 aromatic heterocycles. The van der Waals surface area contributed by atoms with E-state index in [0.29, 0.717) is 5.69 Å². The van der Waals surface area contributed by atoms with Crippen molar-refractivity contribution < 1.29 is 15.0 Å². The van der Waals surface area contributed by atoms with Gasteiger partial charge in [-0.1, -0.05) is 0 Å². The molecule has 0 aromatic carbocycles. The van der Waals surface area contributed by atoms with Crippen LogP contribution in [0.1, 0.15) is 11.4 Å². The Morgan fingerprint density at radius 1 is 1.77 bits per heavy atom. The van der Waals surface area contributed by atoms with E-state index in [4.69, 9.17) is 10.2 Å². The summed E-state index contributed by atoms with van der Waals surface area (Å²) in [5, 5.41) is 21.6. The minimum absolute atomic E-state index is 0.0900. The molecule has 0 saturated heterocycles. The molecule has 0 bridgehead atoms. The first kappa shape index (κ1) is 9.73. The van der Waals surface area contributed by atoms with E-state index in [-0.39, 0.29) is 6.42 Å². The van der Waals surface area contributed by atoms with Crippen LogP contribution in [-0.4, -0.2) is 32.1 Å². The lowest BCUT2D eigenvalue weighted by Gasteiger charge is -2.04. The maximum atomic E-state index is 10.3. The Morgan fingerprint density at radius 2 is 2.38 bits per heavy atom. The molecule has 5 heteroatoms. The van der Waals surface area contributed by atoms with Gasteiger partial charge >= 0.3 is 5.97 Å². The maximum absolute atomic E-state index is 10.3. The maximum Gasteiger partial charge on any atom is 0.332 e. The van der Waals surface area contributed by atoms with Crippen molar-refractivity contribution in [1.82, 2.24) is 9.78 Å². The predicted molar refractivity (Wildman–Crippen MR) is 45.3 cm³/mol. The van der Waals surface area contributed by atoms with E-state index in [2.05, 4.69) is 5.10 Å². The van der Waals surface area contributed by atoms with E-state index in [1.165, 1.54) is 0 Å². The molecule has 13 heavy (non-hydrogen) atoms. The number of aliphatic carboxylic acids is 1. The van der Waals surface area contributed by atoms with Crippen molar-refractivity contribution in [2.24, 2.45) is 7.05 Å². The summed E-state index contributed by atoms with van der Waals surface area (Å²) in [6.07, 6.45) is -1.26. The number of aryl methyl sites for hydroxylation is 2. The SMILES string of the molecule is Cc1cc(CC(O)C(=O)O)n(C)n1. The molecule has 0 amide bonds. The van der Waals surface area contributed by atoms with E-state index in [0.717, 1.165) is 5.69 Å². The topological polar surface area (TPSA) is 75.3 Å². The summed E-state index contributed by atoms with van der Waals surface area (Å²) in [7, 11) is 1.72. The van der Waals surface area contributed by atoms with Gasteiger partial charge in [-0.3, -0.25) is 4.68 Å². The Hall–Kier alpha value is -1.36. The van der Waals surface area contributed by atoms with Crippen molar-refractivity contribution in [2.75, 3.05) is 0 Å². The molecule has 0 fully saturated rings. The molecule has 1 heterocycles. The first-order valence-corrected chi connectivity index (χ1v) is 3.91. The second-order valence-electron chi connectivity index (χ2n) is 2.96. The van der Waals surface area contributed by atoms with Crippen LogP contribution in [0.15, 0.2) is 6.07 Å². The average Bonchev–Trinajstić information content (AvgIpc) is 2.30. The Labute approximate surface area is 75.6 Å². The van der Waals surface area contributed by atoms with E-state index < -0.39 is 12.1 Å². The van der Waals surface area contributed by atoms with Gasteiger partial charge in [-0.05, 0) is 13.0 Å². The van der Waals surface area contributed by atoms with Gasteiger partial charge in [-0.15, -0.1) is 0 Å². The number of hydrogen-bond acceptors (Lipinski definition) is 3. The fourth-order valence-electron chi connectivity index (χ4n) is 1.14. The molecular weight excluding hydrogens is 172 g/mol. The number of carboxylic acids is 1. The third-order valence-corrected chi connectivity index (χ3v) is 1.79. The number of aromatic nitrogens is 2. The molecule has 0 saturated carbocycles. The van der Waals surface area contributed by atoms with Gasteiger partial charge in [0.15, 0.2) is 6.10 Å². The standard InChI is InChI=1S/C8H12N2O3/c1-5-3-6(10(2)9-5)4-7(11)8(12)13/h3,7,11H,4H2,1-2H3,(H,12,13).